The summed E-state index contributed by atoms with van der Waals surface area (Å²) in [6.45, 7) is 0. The minimum absolute atomic E-state index is 0.583. The van der Waals surface area contributed by atoms with Crippen molar-refractivity contribution in [2.45, 2.75) is 0 Å². The number of benzene rings is 3. The molecule has 0 spiro atoms. The fraction of sp³-hybridized carbons (Fsp3) is 0. The Morgan fingerprint density at radius 1 is 0.600 bits per heavy atom. The van der Waals surface area contributed by atoms with Gasteiger partial charge in [-0.3, -0.25) is 10.9 Å². The van der Waals surface area contributed by atoms with Crippen molar-refractivity contribution in [3.8, 4) is 0 Å². The Bertz CT molecular complexity index is 1110. The number of hydrogen-bond acceptors (Lipinski definition) is 6. The van der Waals surface area contributed by atoms with Gasteiger partial charge in [0.15, 0.2) is 11.6 Å². The summed E-state index contributed by atoms with van der Waals surface area (Å²) in [5.74, 6) is 1.17. The quantitative estimate of drug-likeness (QED) is 0.165. The molecule has 1 aromatic heterocycles. The minimum atomic E-state index is 0.583. The highest BCUT2D eigenvalue weighted by Crippen LogP contribution is 2.25. The summed E-state index contributed by atoms with van der Waals surface area (Å²) in [7, 11) is 0. The number of halogens is 2. The van der Waals surface area contributed by atoms with Crippen LogP contribution >= 0.6 is 45.2 Å². The summed E-state index contributed by atoms with van der Waals surface area (Å²) in [4.78, 5) is 0. The van der Waals surface area contributed by atoms with Crippen LogP contribution in [0.1, 0.15) is 11.1 Å². The van der Waals surface area contributed by atoms with Crippen LogP contribution in [0.15, 0.2) is 83.0 Å². The van der Waals surface area contributed by atoms with E-state index in [1.165, 1.54) is 7.14 Å². The van der Waals surface area contributed by atoms with Gasteiger partial charge in [-0.15, -0.1) is 10.2 Å². The molecule has 0 bridgehead atoms. The molecule has 148 valence electrons. The van der Waals surface area contributed by atoms with Crippen molar-refractivity contribution in [2.75, 3.05) is 10.9 Å². The number of fused-ring (bicyclic) bond motifs is 1. The van der Waals surface area contributed by atoms with Gasteiger partial charge in [0.25, 0.3) is 0 Å². The van der Waals surface area contributed by atoms with Crippen molar-refractivity contribution in [3.63, 3.8) is 0 Å². The number of anilines is 2. The van der Waals surface area contributed by atoms with E-state index >= 15 is 0 Å². The molecule has 0 aliphatic heterocycles. The molecular weight excluding hydrogens is 602 g/mol. The minimum Gasteiger partial charge on any atom is -0.259 e. The summed E-state index contributed by atoms with van der Waals surface area (Å²) in [5.41, 5.74) is 7.99. The Morgan fingerprint density at radius 2 is 1.00 bits per heavy atom. The molecule has 0 fully saturated rings. The zero-order valence-corrected chi connectivity index (χ0v) is 19.9. The predicted octanol–water partition coefficient (Wildman–Crippen LogP) is 5.73. The van der Waals surface area contributed by atoms with Crippen molar-refractivity contribution in [1.82, 2.24) is 10.2 Å². The van der Waals surface area contributed by atoms with E-state index in [1.54, 1.807) is 12.4 Å². The molecule has 6 nitrogen and oxygen atoms in total. The standard InChI is InChI=1S/C22H16I2N6/c23-17-9-5-15(6-10-17)13-25-27-21-19-3-1-2-4-20(19)22(30-29-21)28-26-14-16-7-11-18(24)12-8-16/h1-14H,(H,27,29)(H,28,30)/b25-13+,26-14+. The molecule has 4 aromatic rings. The Labute approximate surface area is 201 Å². The largest absolute Gasteiger partial charge is 0.259 e. The first-order valence-corrected chi connectivity index (χ1v) is 11.2. The lowest BCUT2D eigenvalue weighted by molar-refractivity contribution is 1.03. The Kier molecular flexibility index (Phi) is 6.84. The van der Waals surface area contributed by atoms with Gasteiger partial charge in [0.2, 0.25) is 0 Å². The van der Waals surface area contributed by atoms with Gasteiger partial charge in [-0.2, -0.15) is 10.2 Å². The number of aromatic nitrogens is 2. The number of nitrogens with one attached hydrogen (secondary N) is 2. The second kappa shape index (κ2) is 9.94. The first-order chi connectivity index (χ1) is 14.7. The third-order valence-corrected chi connectivity index (χ3v) is 5.63. The van der Waals surface area contributed by atoms with Crippen molar-refractivity contribution in [1.29, 1.82) is 0 Å². The van der Waals surface area contributed by atoms with E-state index in [-0.39, 0.29) is 0 Å². The van der Waals surface area contributed by atoms with Gasteiger partial charge in [0, 0.05) is 17.9 Å². The Balaban J connectivity index is 1.52. The number of rotatable bonds is 6. The lowest BCUT2D eigenvalue weighted by Gasteiger charge is -2.08. The molecule has 0 amide bonds. The molecule has 2 N–H and O–H groups in total. The molecule has 3 aromatic carbocycles. The highest BCUT2D eigenvalue weighted by Gasteiger charge is 2.07. The predicted molar refractivity (Wildman–Crippen MR) is 140 cm³/mol. The molecule has 0 aliphatic rings. The summed E-state index contributed by atoms with van der Waals surface area (Å²) in [5, 5.41) is 19.0. The molecule has 0 saturated heterocycles. The van der Waals surface area contributed by atoms with Crippen molar-refractivity contribution >= 4 is 80.0 Å². The van der Waals surface area contributed by atoms with E-state index < -0.39 is 0 Å². The summed E-state index contributed by atoms with van der Waals surface area (Å²) in [6, 6.07) is 24.0. The molecule has 8 heteroatoms. The maximum absolute atomic E-state index is 4.30. The van der Waals surface area contributed by atoms with Crippen molar-refractivity contribution in [3.05, 3.63) is 91.1 Å². The Morgan fingerprint density at radius 3 is 1.40 bits per heavy atom. The van der Waals surface area contributed by atoms with Gasteiger partial charge in [-0.25, -0.2) is 0 Å². The second-order valence-electron chi connectivity index (χ2n) is 6.29. The van der Waals surface area contributed by atoms with Crippen LogP contribution in [0.25, 0.3) is 10.8 Å². The normalized spacial score (nSPS) is 11.4. The van der Waals surface area contributed by atoms with Gasteiger partial charge < -0.3 is 0 Å². The topological polar surface area (TPSA) is 74.6 Å². The van der Waals surface area contributed by atoms with E-state index in [9.17, 15) is 0 Å². The molecule has 1 heterocycles. The number of hydrazone groups is 2. The van der Waals surface area contributed by atoms with Crippen LogP contribution in [0.3, 0.4) is 0 Å². The summed E-state index contributed by atoms with van der Waals surface area (Å²) >= 11 is 4.55. The molecule has 30 heavy (non-hydrogen) atoms. The van der Waals surface area contributed by atoms with E-state index in [4.69, 9.17) is 0 Å². The van der Waals surface area contributed by atoms with Crippen LogP contribution in [0, 0.1) is 7.14 Å². The van der Waals surface area contributed by atoms with Crippen molar-refractivity contribution in [2.24, 2.45) is 10.2 Å². The third-order valence-electron chi connectivity index (χ3n) is 4.20. The number of hydrogen-bond donors (Lipinski definition) is 2. The maximum Gasteiger partial charge on any atom is 0.176 e. The van der Waals surface area contributed by atoms with Crippen LogP contribution in [0.5, 0.6) is 0 Å². The average molecular weight is 618 g/mol. The van der Waals surface area contributed by atoms with Gasteiger partial charge in [-0.1, -0.05) is 48.5 Å². The van der Waals surface area contributed by atoms with E-state index in [2.05, 4.69) is 76.4 Å². The van der Waals surface area contributed by atoms with Crippen molar-refractivity contribution < 1.29 is 0 Å². The fourth-order valence-electron chi connectivity index (χ4n) is 2.70. The third kappa shape index (κ3) is 5.30. The molecule has 0 atom stereocenters. The Hall–Kier alpha value is -2.60. The van der Waals surface area contributed by atoms with Crippen LogP contribution < -0.4 is 10.9 Å². The number of nitrogens with zero attached hydrogens (tertiary/aromatic N) is 4. The van der Waals surface area contributed by atoms with Crippen LogP contribution in [-0.4, -0.2) is 22.6 Å². The second-order valence-corrected chi connectivity index (χ2v) is 8.78. The summed E-state index contributed by atoms with van der Waals surface area (Å²) < 4.78 is 2.37. The van der Waals surface area contributed by atoms with E-state index in [0.717, 1.165) is 21.9 Å². The highest BCUT2D eigenvalue weighted by molar-refractivity contribution is 14.1. The average Bonchev–Trinajstić information content (AvgIpc) is 2.77. The molecule has 0 unspecified atom stereocenters. The lowest BCUT2D eigenvalue weighted by Crippen LogP contribution is -2.01. The van der Waals surface area contributed by atoms with Crippen LogP contribution in [0.4, 0.5) is 11.6 Å². The van der Waals surface area contributed by atoms with Gasteiger partial charge in [0.05, 0.1) is 12.4 Å². The molecule has 0 aliphatic carbocycles. The van der Waals surface area contributed by atoms with Gasteiger partial charge in [-0.05, 0) is 80.6 Å². The van der Waals surface area contributed by atoms with Crippen LogP contribution in [0.2, 0.25) is 0 Å². The summed E-state index contributed by atoms with van der Waals surface area (Å²) in [6.07, 6.45) is 3.51. The van der Waals surface area contributed by atoms with Gasteiger partial charge in [0.1, 0.15) is 0 Å². The zero-order chi connectivity index (χ0) is 20.8. The molecule has 4 rings (SSSR count). The van der Waals surface area contributed by atoms with Gasteiger partial charge >= 0.3 is 0 Å². The first kappa shape index (κ1) is 20.7. The SMILES string of the molecule is Ic1ccc(/C=N/Nc2nnc(N/N=C/c3ccc(I)cc3)c3ccccc23)cc1. The fourth-order valence-corrected chi connectivity index (χ4v) is 3.42. The maximum atomic E-state index is 4.30. The molecule has 0 radical (unpaired) electrons. The van der Waals surface area contributed by atoms with Crippen LogP contribution in [-0.2, 0) is 0 Å². The molecular formula is C22H16I2N6. The lowest BCUT2D eigenvalue weighted by atomic mass is 10.2. The highest BCUT2D eigenvalue weighted by atomic mass is 127. The van der Waals surface area contributed by atoms with E-state index in [0.29, 0.717) is 11.6 Å². The zero-order valence-electron chi connectivity index (χ0n) is 15.6. The van der Waals surface area contributed by atoms with E-state index in [1.807, 2.05) is 72.8 Å². The first-order valence-electron chi connectivity index (χ1n) is 9.04. The smallest absolute Gasteiger partial charge is 0.176 e. The monoisotopic (exact) mass is 618 g/mol. The molecule has 0 saturated carbocycles.